The van der Waals surface area contributed by atoms with Crippen LogP contribution in [0.3, 0.4) is 0 Å². The second kappa shape index (κ2) is 14.5. The monoisotopic (exact) mass is 520 g/mol. The van der Waals surface area contributed by atoms with Crippen LogP contribution in [0, 0.1) is 0 Å². The molecule has 2 aromatic carbocycles. The molecule has 0 spiro atoms. The zero-order valence-electron chi connectivity index (χ0n) is 24.4. The van der Waals surface area contributed by atoms with Gasteiger partial charge in [0, 0.05) is 47.7 Å². The van der Waals surface area contributed by atoms with E-state index in [0.29, 0.717) is 34.3 Å². The summed E-state index contributed by atoms with van der Waals surface area (Å²) in [5.74, 6) is -0.150. The maximum absolute atomic E-state index is 13.7. The summed E-state index contributed by atoms with van der Waals surface area (Å²) in [7, 11) is 8.56. The highest BCUT2D eigenvalue weighted by Crippen LogP contribution is 2.36. The number of rotatable bonds is 16. The number of carbonyl (C=O) groups is 2. The molecule has 0 bridgehead atoms. The zero-order valence-corrected chi connectivity index (χ0v) is 24.4. The molecule has 0 aromatic heterocycles. The van der Waals surface area contributed by atoms with Crippen LogP contribution in [-0.4, -0.2) is 74.7 Å². The van der Waals surface area contributed by atoms with Crippen LogP contribution >= 0.6 is 0 Å². The van der Waals surface area contributed by atoms with Crippen LogP contribution in [-0.2, 0) is 0 Å². The van der Waals surface area contributed by atoms with Crippen molar-refractivity contribution in [3.05, 3.63) is 58.7 Å². The lowest BCUT2D eigenvalue weighted by Gasteiger charge is -2.26. The normalized spacial score (nSPS) is 14.4. The first kappa shape index (κ1) is 29.9. The van der Waals surface area contributed by atoms with E-state index < -0.39 is 0 Å². The van der Waals surface area contributed by atoms with Crippen molar-refractivity contribution in [3.63, 3.8) is 0 Å². The van der Waals surface area contributed by atoms with Crippen molar-refractivity contribution in [1.29, 1.82) is 0 Å². The highest BCUT2D eigenvalue weighted by molar-refractivity contribution is 6.31. The van der Waals surface area contributed by atoms with Gasteiger partial charge in [0.1, 0.15) is 0 Å². The van der Waals surface area contributed by atoms with E-state index in [4.69, 9.17) is 0 Å². The third-order valence-electron chi connectivity index (χ3n) is 7.84. The summed E-state index contributed by atoms with van der Waals surface area (Å²) >= 11 is 0. The van der Waals surface area contributed by atoms with Crippen LogP contribution in [0.25, 0.3) is 0 Å². The van der Waals surface area contributed by atoms with Crippen LogP contribution in [0.5, 0.6) is 0 Å². The van der Waals surface area contributed by atoms with E-state index in [0.717, 1.165) is 50.1 Å². The van der Waals surface area contributed by atoms with E-state index in [1.54, 1.807) is 12.1 Å². The number of hydrogen-bond donors (Lipinski definition) is 2. The van der Waals surface area contributed by atoms with Crippen molar-refractivity contribution in [1.82, 2.24) is 9.80 Å². The van der Waals surface area contributed by atoms with Gasteiger partial charge >= 0.3 is 0 Å². The van der Waals surface area contributed by atoms with E-state index in [1.165, 1.54) is 25.7 Å². The van der Waals surface area contributed by atoms with Gasteiger partial charge in [-0.2, -0.15) is 0 Å². The van der Waals surface area contributed by atoms with Crippen LogP contribution in [0.15, 0.2) is 36.4 Å². The van der Waals surface area contributed by atoms with Crippen LogP contribution < -0.4 is 10.6 Å². The van der Waals surface area contributed by atoms with E-state index in [-0.39, 0.29) is 11.6 Å². The van der Waals surface area contributed by atoms with Crippen molar-refractivity contribution in [3.8, 4) is 0 Å². The summed E-state index contributed by atoms with van der Waals surface area (Å²) in [5.41, 5.74) is 3.52. The first-order valence-corrected chi connectivity index (χ1v) is 14.5. The van der Waals surface area contributed by atoms with Crippen molar-refractivity contribution >= 4 is 22.9 Å². The maximum atomic E-state index is 13.7. The Morgan fingerprint density at radius 3 is 1.37 bits per heavy atom. The number of ketones is 2. The molecule has 2 atom stereocenters. The summed E-state index contributed by atoms with van der Waals surface area (Å²) < 4.78 is 0. The van der Waals surface area contributed by atoms with E-state index in [9.17, 15) is 9.59 Å². The number of carbonyl (C=O) groups excluding carboxylic acids is 2. The molecule has 0 heterocycles. The summed E-state index contributed by atoms with van der Waals surface area (Å²) in [6, 6.07) is 12.2. The number of fused-ring (bicyclic) bond motifs is 2. The topological polar surface area (TPSA) is 64.7 Å². The summed E-state index contributed by atoms with van der Waals surface area (Å²) in [6.07, 6.45) is 8.89. The lowest BCUT2D eigenvalue weighted by Crippen LogP contribution is -2.28. The molecule has 0 saturated carbocycles. The van der Waals surface area contributed by atoms with Crippen LogP contribution in [0.4, 0.5) is 11.4 Å². The Balaban J connectivity index is 1.78. The fourth-order valence-electron chi connectivity index (χ4n) is 5.63. The average Bonchev–Trinajstić information content (AvgIpc) is 2.90. The van der Waals surface area contributed by atoms with Gasteiger partial charge in [-0.05, 0) is 78.8 Å². The highest BCUT2D eigenvalue weighted by atomic mass is 16.1. The molecule has 2 unspecified atom stereocenters. The summed E-state index contributed by atoms with van der Waals surface area (Å²) in [4.78, 5) is 32.0. The second-order valence-electron chi connectivity index (χ2n) is 11.1. The summed E-state index contributed by atoms with van der Waals surface area (Å²) in [6.45, 7) is 5.98. The zero-order chi connectivity index (χ0) is 27.7. The van der Waals surface area contributed by atoms with Gasteiger partial charge in [0.2, 0.25) is 0 Å². The van der Waals surface area contributed by atoms with Crippen LogP contribution in [0.1, 0.15) is 97.1 Å². The standard InChI is InChI=1S/C32H48N4O2/c1-7-13-23(35(3)4)15-11-21-33-27-19-20-28(34-22-12-16-24(14-8-2)36(5)6)30-29(27)31(37)25-17-9-10-18-26(25)32(30)38/h9-10,17-20,23-24,33-34H,7-8,11-16,21-22H2,1-6H3. The lowest BCUT2D eigenvalue weighted by molar-refractivity contribution is 0.0980. The minimum atomic E-state index is -0.0749. The van der Waals surface area contributed by atoms with Gasteiger partial charge in [-0.25, -0.2) is 0 Å². The molecule has 38 heavy (non-hydrogen) atoms. The SMILES string of the molecule is CCCC(CCCNc1ccc(NCCCC(CCC)N(C)C)c2c1C(=O)c1ccccc1C2=O)N(C)C. The molecular formula is C32H48N4O2. The number of hydrogen-bond acceptors (Lipinski definition) is 6. The maximum Gasteiger partial charge on any atom is 0.196 e. The molecule has 1 aliphatic rings. The molecule has 0 radical (unpaired) electrons. The Bertz CT molecular complexity index is 995. The molecule has 3 rings (SSSR count). The molecule has 0 fully saturated rings. The molecule has 2 N–H and O–H groups in total. The van der Waals surface area contributed by atoms with Gasteiger partial charge in [-0.3, -0.25) is 9.59 Å². The summed E-state index contributed by atoms with van der Waals surface area (Å²) in [5, 5.41) is 7.00. The second-order valence-corrected chi connectivity index (χ2v) is 11.1. The van der Waals surface area contributed by atoms with E-state index in [1.807, 2.05) is 24.3 Å². The van der Waals surface area contributed by atoms with Gasteiger partial charge < -0.3 is 20.4 Å². The molecule has 2 aromatic rings. The van der Waals surface area contributed by atoms with E-state index >= 15 is 0 Å². The van der Waals surface area contributed by atoms with Crippen LogP contribution in [0.2, 0.25) is 0 Å². The molecule has 0 saturated heterocycles. The fourth-order valence-corrected chi connectivity index (χ4v) is 5.63. The Kier molecular flexibility index (Phi) is 11.4. The number of benzene rings is 2. The molecule has 0 amide bonds. The molecule has 208 valence electrons. The smallest absolute Gasteiger partial charge is 0.196 e. The first-order valence-electron chi connectivity index (χ1n) is 14.5. The lowest BCUT2D eigenvalue weighted by atomic mass is 9.82. The van der Waals surface area contributed by atoms with Crippen molar-refractivity contribution in [2.24, 2.45) is 0 Å². The highest BCUT2D eigenvalue weighted by Gasteiger charge is 2.33. The Morgan fingerprint density at radius 1 is 0.632 bits per heavy atom. The third-order valence-corrected chi connectivity index (χ3v) is 7.84. The first-order chi connectivity index (χ1) is 18.3. The number of anilines is 2. The van der Waals surface area contributed by atoms with Gasteiger partial charge in [0.25, 0.3) is 0 Å². The van der Waals surface area contributed by atoms with E-state index in [2.05, 4.69) is 62.5 Å². The van der Waals surface area contributed by atoms with Gasteiger partial charge in [-0.1, -0.05) is 51.0 Å². The predicted molar refractivity (Wildman–Crippen MR) is 160 cm³/mol. The number of nitrogens with zero attached hydrogens (tertiary/aromatic N) is 2. The minimum absolute atomic E-state index is 0.0749. The average molecular weight is 521 g/mol. The van der Waals surface area contributed by atoms with Gasteiger partial charge in [0.05, 0.1) is 11.1 Å². The third kappa shape index (κ3) is 7.23. The van der Waals surface area contributed by atoms with Gasteiger partial charge in [-0.15, -0.1) is 0 Å². The largest absolute Gasteiger partial charge is 0.384 e. The Morgan fingerprint density at radius 2 is 1.03 bits per heavy atom. The Hall–Kier alpha value is -2.70. The van der Waals surface area contributed by atoms with Crippen molar-refractivity contribution < 1.29 is 9.59 Å². The number of nitrogens with one attached hydrogen (secondary N) is 2. The van der Waals surface area contributed by atoms with Crippen molar-refractivity contribution in [2.75, 3.05) is 51.9 Å². The Labute approximate surface area is 230 Å². The molecule has 0 aliphatic heterocycles. The minimum Gasteiger partial charge on any atom is -0.384 e. The molecule has 1 aliphatic carbocycles. The molecule has 6 heteroatoms. The quantitative estimate of drug-likeness (QED) is 0.216. The molecular weight excluding hydrogens is 472 g/mol. The van der Waals surface area contributed by atoms with Crippen molar-refractivity contribution in [2.45, 2.75) is 77.3 Å². The predicted octanol–water partition coefficient (Wildman–Crippen LogP) is 6.31. The fraction of sp³-hybridized carbons (Fsp3) is 0.562. The van der Waals surface area contributed by atoms with Gasteiger partial charge in [0.15, 0.2) is 11.6 Å². The molecule has 6 nitrogen and oxygen atoms in total.